The topological polar surface area (TPSA) is 80.2 Å². The molecular formula is C20H23N5O2S. The molecule has 0 spiro atoms. The van der Waals surface area contributed by atoms with Crippen molar-refractivity contribution in [2.75, 3.05) is 25.5 Å². The Morgan fingerprint density at radius 2 is 2.29 bits per heavy atom. The summed E-state index contributed by atoms with van der Waals surface area (Å²) in [5.41, 5.74) is 2.29. The highest BCUT2D eigenvalue weighted by Gasteiger charge is 2.29. The number of carbonyl (C=O) groups excluding carboxylic acids is 1. The summed E-state index contributed by atoms with van der Waals surface area (Å²) in [7, 11) is 1.69. The number of likely N-dealkylation sites (tertiary alicyclic amines) is 1. The van der Waals surface area contributed by atoms with Crippen LogP contribution in [0.1, 0.15) is 40.3 Å². The maximum absolute atomic E-state index is 13.2. The largest absolute Gasteiger partial charge is 0.380 e. The van der Waals surface area contributed by atoms with Gasteiger partial charge in [0, 0.05) is 37.5 Å². The molecule has 1 saturated heterocycles. The number of hydrogen-bond donors (Lipinski definition) is 1. The van der Waals surface area contributed by atoms with Crippen LogP contribution in [0.15, 0.2) is 30.6 Å². The lowest BCUT2D eigenvalue weighted by Crippen LogP contribution is -2.31. The number of anilines is 1. The van der Waals surface area contributed by atoms with Gasteiger partial charge in [-0.15, -0.1) is 11.3 Å². The fourth-order valence-corrected chi connectivity index (χ4v) is 4.35. The number of nitrogens with one attached hydrogen (secondary N) is 1. The van der Waals surface area contributed by atoms with Gasteiger partial charge in [-0.3, -0.25) is 9.78 Å². The molecule has 0 bridgehead atoms. The number of rotatable bonds is 5. The summed E-state index contributed by atoms with van der Waals surface area (Å²) < 4.78 is 6.24. The highest BCUT2D eigenvalue weighted by Crippen LogP contribution is 2.29. The lowest BCUT2D eigenvalue weighted by Gasteiger charge is -2.18. The Labute approximate surface area is 167 Å². The van der Waals surface area contributed by atoms with Gasteiger partial charge in [-0.1, -0.05) is 6.07 Å². The fraction of sp³-hybridized carbons (Fsp3) is 0.400. The van der Waals surface area contributed by atoms with E-state index in [-0.39, 0.29) is 18.1 Å². The molecule has 1 fully saturated rings. The minimum absolute atomic E-state index is 0.0292. The third-order valence-electron chi connectivity index (χ3n) is 4.99. The summed E-state index contributed by atoms with van der Waals surface area (Å²) in [5, 5.41) is 3.31. The number of aryl methyl sites for hydroxylation is 1. The number of methoxy groups -OCH3 is 1. The van der Waals surface area contributed by atoms with Crippen molar-refractivity contribution < 1.29 is 9.53 Å². The molecule has 4 rings (SSSR count). The molecule has 7 nitrogen and oxygen atoms in total. The number of fused-ring (bicyclic) bond motifs is 1. The van der Waals surface area contributed by atoms with Crippen LogP contribution < -0.4 is 5.32 Å². The van der Waals surface area contributed by atoms with E-state index in [2.05, 4.69) is 20.3 Å². The van der Waals surface area contributed by atoms with Crippen molar-refractivity contribution in [3.05, 3.63) is 46.7 Å². The van der Waals surface area contributed by atoms with Gasteiger partial charge < -0.3 is 15.0 Å². The van der Waals surface area contributed by atoms with Crippen molar-refractivity contribution in [2.24, 2.45) is 0 Å². The van der Waals surface area contributed by atoms with Crippen LogP contribution in [0.25, 0.3) is 10.2 Å². The summed E-state index contributed by atoms with van der Waals surface area (Å²) in [4.78, 5) is 29.5. The number of ether oxygens (including phenoxy) is 1. The number of pyridine rings is 1. The zero-order chi connectivity index (χ0) is 19.7. The first-order valence-corrected chi connectivity index (χ1v) is 10.1. The smallest absolute Gasteiger partial charge is 0.274 e. The number of thiophene rings is 1. The molecule has 1 amide bonds. The van der Waals surface area contributed by atoms with Crippen LogP contribution >= 0.6 is 11.3 Å². The van der Waals surface area contributed by atoms with E-state index in [1.165, 1.54) is 0 Å². The third-order valence-corrected chi connectivity index (χ3v) is 6.04. The van der Waals surface area contributed by atoms with Crippen LogP contribution in [0.5, 0.6) is 0 Å². The molecule has 3 aromatic heterocycles. The molecule has 1 aliphatic heterocycles. The van der Waals surface area contributed by atoms with E-state index in [1.807, 2.05) is 43.1 Å². The Balaban J connectivity index is 1.66. The number of aromatic nitrogens is 3. The fourth-order valence-electron chi connectivity index (χ4n) is 3.42. The van der Waals surface area contributed by atoms with E-state index in [0.717, 1.165) is 27.1 Å². The summed E-state index contributed by atoms with van der Waals surface area (Å²) in [6.07, 6.45) is 4.50. The maximum Gasteiger partial charge on any atom is 0.274 e. The second kappa shape index (κ2) is 7.81. The highest BCUT2D eigenvalue weighted by molar-refractivity contribution is 7.19. The molecule has 0 aromatic carbocycles. The van der Waals surface area contributed by atoms with Gasteiger partial charge in [0.2, 0.25) is 5.95 Å². The zero-order valence-electron chi connectivity index (χ0n) is 16.2. The van der Waals surface area contributed by atoms with E-state index in [0.29, 0.717) is 24.7 Å². The molecule has 28 heavy (non-hydrogen) atoms. The van der Waals surface area contributed by atoms with Crippen LogP contribution in [-0.2, 0) is 4.74 Å². The van der Waals surface area contributed by atoms with Crippen molar-refractivity contribution >= 4 is 33.4 Å². The Kier molecular flexibility index (Phi) is 5.23. The Hall–Kier alpha value is -2.58. The Morgan fingerprint density at radius 1 is 1.43 bits per heavy atom. The van der Waals surface area contributed by atoms with Crippen LogP contribution in [0.3, 0.4) is 0 Å². The molecule has 1 unspecified atom stereocenters. The molecule has 3 aromatic rings. The van der Waals surface area contributed by atoms with Crippen LogP contribution in [-0.4, -0.2) is 52.1 Å². The number of amides is 1. The highest BCUT2D eigenvalue weighted by atomic mass is 32.1. The van der Waals surface area contributed by atoms with E-state index in [4.69, 9.17) is 4.74 Å². The van der Waals surface area contributed by atoms with Gasteiger partial charge in [-0.25, -0.2) is 9.97 Å². The average Bonchev–Trinajstić information content (AvgIpc) is 3.33. The Morgan fingerprint density at radius 3 is 3.00 bits per heavy atom. The molecule has 0 saturated carbocycles. The molecule has 0 aliphatic carbocycles. The first kappa shape index (κ1) is 18.8. The predicted octanol–water partition coefficient (Wildman–Crippen LogP) is 3.43. The van der Waals surface area contributed by atoms with E-state index >= 15 is 0 Å². The lowest BCUT2D eigenvalue weighted by atomic mass is 10.1. The maximum atomic E-state index is 13.2. The lowest BCUT2D eigenvalue weighted by molar-refractivity contribution is 0.0721. The second-order valence-corrected chi connectivity index (χ2v) is 8.27. The van der Waals surface area contributed by atoms with E-state index < -0.39 is 0 Å². The van der Waals surface area contributed by atoms with Crippen molar-refractivity contribution in [1.82, 2.24) is 19.9 Å². The second-order valence-electron chi connectivity index (χ2n) is 7.02. The van der Waals surface area contributed by atoms with Gasteiger partial charge >= 0.3 is 0 Å². The van der Waals surface area contributed by atoms with Gasteiger partial charge in [0.1, 0.15) is 0 Å². The summed E-state index contributed by atoms with van der Waals surface area (Å²) in [6.45, 7) is 5.32. The molecule has 0 radical (unpaired) electrons. The monoisotopic (exact) mass is 397 g/mol. The number of nitrogens with zero attached hydrogens (tertiary/aromatic N) is 4. The van der Waals surface area contributed by atoms with Crippen LogP contribution in [0.2, 0.25) is 0 Å². The molecule has 1 N–H and O–H groups in total. The van der Waals surface area contributed by atoms with E-state index in [9.17, 15) is 4.79 Å². The standard InChI is InChI=1S/C20H23N5O2S/c1-12-9-16-18(28-12)17(19(26)25-8-6-15(11-25)27-3)24-20(23-16)22-13(2)14-5-4-7-21-10-14/h4-5,7,9-10,13,15H,6,8,11H2,1-3H3,(H,22,23,24)/t13?,15-/m0/s1. The quantitative estimate of drug-likeness (QED) is 0.710. The predicted molar refractivity (Wildman–Crippen MR) is 110 cm³/mol. The van der Waals surface area contributed by atoms with Gasteiger partial charge in [-0.05, 0) is 38.0 Å². The molecule has 146 valence electrons. The van der Waals surface area contributed by atoms with Crippen molar-refractivity contribution in [3.63, 3.8) is 0 Å². The van der Waals surface area contributed by atoms with Crippen molar-refractivity contribution in [1.29, 1.82) is 0 Å². The first-order valence-electron chi connectivity index (χ1n) is 9.32. The van der Waals surface area contributed by atoms with Crippen molar-refractivity contribution in [2.45, 2.75) is 32.4 Å². The van der Waals surface area contributed by atoms with Crippen molar-refractivity contribution in [3.8, 4) is 0 Å². The van der Waals surface area contributed by atoms with Crippen LogP contribution in [0.4, 0.5) is 5.95 Å². The minimum Gasteiger partial charge on any atom is -0.380 e. The molecular weight excluding hydrogens is 374 g/mol. The average molecular weight is 398 g/mol. The SMILES string of the molecule is CO[C@H]1CCN(C(=O)c2nc(NC(C)c3cccnc3)nc3cc(C)sc23)C1. The van der Waals surface area contributed by atoms with Gasteiger partial charge in [0.15, 0.2) is 5.69 Å². The van der Waals surface area contributed by atoms with Gasteiger partial charge in [-0.2, -0.15) is 0 Å². The molecule has 4 heterocycles. The van der Waals surface area contributed by atoms with E-state index in [1.54, 1.807) is 24.6 Å². The van der Waals surface area contributed by atoms with Gasteiger partial charge in [0.05, 0.1) is 22.4 Å². The number of hydrogen-bond acceptors (Lipinski definition) is 7. The third kappa shape index (κ3) is 3.70. The summed E-state index contributed by atoms with van der Waals surface area (Å²) in [5.74, 6) is 0.387. The molecule has 2 atom stereocenters. The zero-order valence-corrected chi connectivity index (χ0v) is 17.0. The van der Waals surface area contributed by atoms with Crippen LogP contribution in [0, 0.1) is 6.92 Å². The number of carbonyl (C=O) groups is 1. The first-order chi connectivity index (χ1) is 13.5. The normalized spacial score (nSPS) is 17.8. The Bertz CT molecular complexity index is 991. The summed E-state index contributed by atoms with van der Waals surface area (Å²) >= 11 is 1.55. The minimum atomic E-state index is -0.0640. The van der Waals surface area contributed by atoms with Gasteiger partial charge in [0.25, 0.3) is 5.91 Å². The molecule has 8 heteroatoms. The summed E-state index contributed by atoms with van der Waals surface area (Å²) in [6, 6.07) is 5.87. The molecule has 1 aliphatic rings.